The molecule has 8 nitrogen and oxygen atoms in total. The molecular weight excluding hydrogens is 593 g/mol. The number of rotatable bonds is 4. The Labute approximate surface area is 254 Å². The molecule has 0 unspecified atom stereocenters. The molecule has 0 bridgehead atoms. The van der Waals surface area contributed by atoms with Crippen molar-refractivity contribution in [2.45, 2.75) is 0 Å². The zero-order chi connectivity index (χ0) is 28.8. The number of hydrogen-bond donors (Lipinski definition) is 0. The van der Waals surface area contributed by atoms with Crippen molar-refractivity contribution < 1.29 is 17.7 Å². The van der Waals surface area contributed by atoms with Crippen LogP contribution >= 0.6 is 22.7 Å². The lowest BCUT2D eigenvalue weighted by Crippen LogP contribution is -1.76. The lowest BCUT2D eigenvalue weighted by Gasteiger charge is -1.96. The number of thiophene rings is 2. The highest BCUT2D eigenvalue weighted by Crippen LogP contribution is 2.39. The molecule has 10 heteroatoms. The summed E-state index contributed by atoms with van der Waals surface area (Å²) in [6.07, 6.45) is 0. The fraction of sp³-hybridized carbons (Fsp3) is 0. The number of benzene rings is 4. The van der Waals surface area contributed by atoms with E-state index < -0.39 is 0 Å². The summed E-state index contributed by atoms with van der Waals surface area (Å²) in [5.41, 5.74) is 6.13. The maximum atomic E-state index is 6.21. The highest BCUT2D eigenvalue weighted by atomic mass is 32.1. The van der Waals surface area contributed by atoms with Gasteiger partial charge in [-0.25, -0.2) is 19.9 Å². The predicted octanol–water partition coefficient (Wildman–Crippen LogP) is 10.2. The van der Waals surface area contributed by atoms with E-state index in [-0.39, 0.29) is 0 Å². The number of para-hydroxylation sites is 4. The molecule has 0 atom stereocenters. The number of oxazole rings is 4. The van der Waals surface area contributed by atoms with Crippen LogP contribution < -0.4 is 0 Å². The smallest absolute Gasteiger partial charge is 0.237 e. The summed E-state index contributed by atoms with van der Waals surface area (Å²) >= 11 is 3.06. The molecule has 0 saturated carbocycles. The molecular formula is C34H16N4O4S2. The SMILES string of the molecule is c1ccc2oc(-c3ccc(-c4nc5cc6cc7oc(-c8ccc(-c9nc%10ccccc%10o9)s8)nc7cc6cc5o4)s3)nc2c1. The Morgan fingerprint density at radius 3 is 1.14 bits per heavy atom. The fourth-order valence-electron chi connectivity index (χ4n) is 5.40. The zero-order valence-electron chi connectivity index (χ0n) is 22.5. The summed E-state index contributed by atoms with van der Waals surface area (Å²) in [5.74, 6) is 2.28. The Morgan fingerprint density at radius 2 is 0.727 bits per heavy atom. The van der Waals surface area contributed by atoms with Crippen molar-refractivity contribution in [1.29, 1.82) is 0 Å². The predicted molar refractivity (Wildman–Crippen MR) is 172 cm³/mol. The van der Waals surface area contributed by atoms with Crippen LogP contribution in [0.4, 0.5) is 0 Å². The van der Waals surface area contributed by atoms with E-state index in [1.165, 1.54) is 22.7 Å². The maximum absolute atomic E-state index is 6.21. The Bertz CT molecular complexity index is 2390. The van der Waals surface area contributed by atoms with Crippen molar-refractivity contribution >= 4 is 77.8 Å². The molecule has 6 aromatic heterocycles. The Hall–Kier alpha value is -5.58. The van der Waals surface area contributed by atoms with Gasteiger partial charge in [0, 0.05) is 0 Å². The Kier molecular flexibility index (Phi) is 4.87. The van der Waals surface area contributed by atoms with Crippen LogP contribution in [-0.2, 0) is 0 Å². The van der Waals surface area contributed by atoms with E-state index in [0.29, 0.717) is 34.7 Å². The molecule has 10 aromatic rings. The second-order valence-corrected chi connectivity index (χ2v) is 12.5. The molecule has 0 aliphatic heterocycles. The second kappa shape index (κ2) is 8.96. The first-order valence-electron chi connectivity index (χ1n) is 13.8. The molecule has 0 saturated heterocycles. The van der Waals surface area contributed by atoms with Gasteiger partial charge in [-0.1, -0.05) is 24.3 Å². The summed E-state index contributed by atoms with van der Waals surface area (Å²) in [4.78, 5) is 22.4. The zero-order valence-corrected chi connectivity index (χ0v) is 24.1. The first-order valence-corrected chi connectivity index (χ1v) is 15.4. The minimum absolute atomic E-state index is 0.555. The summed E-state index contributed by atoms with van der Waals surface area (Å²) < 4.78 is 24.3. The van der Waals surface area contributed by atoms with Gasteiger partial charge in [-0.2, -0.15) is 0 Å². The van der Waals surface area contributed by atoms with Crippen LogP contribution in [0.15, 0.2) is 115 Å². The molecule has 0 fully saturated rings. The Balaban J connectivity index is 0.980. The maximum Gasteiger partial charge on any atom is 0.237 e. The lowest BCUT2D eigenvalue weighted by atomic mass is 10.1. The van der Waals surface area contributed by atoms with Crippen LogP contribution in [0.25, 0.3) is 98.2 Å². The van der Waals surface area contributed by atoms with Gasteiger partial charge >= 0.3 is 0 Å². The summed E-state index contributed by atoms with van der Waals surface area (Å²) in [7, 11) is 0. The molecule has 0 amide bonds. The number of hydrogen-bond acceptors (Lipinski definition) is 10. The van der Waals surface area contributed by atoms with Gasteiger partial charge in [-0.3, -0.25) is 0 Å². The van der Waals surface area contributed by atoms with Gasteiger partial charge in [0.1, 0.15) is 22.1 Å². The summed E-state index contributed by atoms with van der Waals surface area (Å²) in [5, 5.41) is 1.98. The van der Waals surface area contributed by atoms with Crippen LogP contribution in [0.3, 0.4) is 0 Å². The third-order valence-electron chi connectivity index (χ3n) is 7.50. The van der Waals surface area contributed by atoms with E-state index in [0.717, 1.165) is 63.5 Å². The first kappa shape index (κ1) is 23.9. The minimum atomic E-state index is 0.555. The number of nitrogens with zero attached hydrogens (tertiary/aromatic N) is 4. The molecule has 208 valence electrons. The van der Waals surface area contributed by atoms with E-state index in [2.05, 4.69) is 9.97 Å². The topological polar surface area (TPSA) is 104 Å². The number of fused-ring (bicyclic) bond motifs is 5. The molecule has 0 N–H and O–H groups in total. The van der Waals surface area contributed by atoms with Gasteiger partial charge in [0.2, 0.25) is 23.6 Å². The Morgan fingerprint density at radius 1 is 0.364 bits per heavy atom. The molecule has 4 aromatic carbocycles. The van der Waals surface area contributed by atoms with Crippen molar-refractivity contribution in [1.82, 2.24) is 19.9 Å². The summed E-state index contributed by atoms with van der Waals surface area (Å²) in [6.45, 7) is 0. The molecule has 0 aliphatic rings. The minimum Gasteiger partial charge on any atom is -0.435 e. The molecule has 6 heterocycles. The molecule has 10 rings (SSSR count). The average Bonchev–Trinajstić information content (AvgIpc) is 3.88. The van der Waals surface area contributed by atoms with Gasteiger partial charge in [-0.05, 0) is 83.6 Å². The largest absolute Gasteiger partial charge is 0.435 e. The van der Waals surface area contributed by atoms with Gasteiger partial charge in [0.25, 0.3) is 0 Å². The van der Waals surface area contributed by atoms with Crippen molar-refractivity contribution in [3.05, 3.63) is 97.1 Å². The standard InChI is InChI=1S/C34H16N4O4S2/c1-3-7-23-19(5-1)35-31(39-23)27-9-11-29(43-27)33-37-21-13-17-16-26-22(14-18(17)15-25(21)41-33)38-34(42-26)30-12-10-28(44-30)32-36-20-6-2-4-8-24(20)40-32/h1-16H. The van der Waals surface area contributed by atoms with Crippen LogP contribution in [0.1, 0.15) is 0 Å². The molecule has 0 aliphatic carbocycles. The normalized spacial score (nSPS) is 12.1. The van der Waals surface area contributed by atoms with Gasteiger partial charge in [0.05, 0.1) is 19.5 Å². The molecule has 0 radical (unpaired) electrons. The highest BCUT2D eigenvalue weighted by Gasteiger charge is 2.18. The van der Waals surface area contributed by atoms with E-state index in [1.54, 1.807) is 0 Å². The van der Waals surface area contributed by atoms with Gasteiger partial charge < -0.3 is 17.7 Å². The monoisotopic (exact) mass is 608 g/mol. The molecule has 44 heavy (non-hydrogen) atoms. The van der Waals surface area contributed by atoms with Crippen molar-refractivity contribution in [2.24, 2.45) is 0 Å². The van der Waals surface area contributed by atoms with Crippen LogP contribution in [0, 0.1) is 0 Å². The fourth-order valence-corrected chi connectivity index (χ4v) is 7.11. The summed E-state index contributed by atoms with van der Waals surface area (Å²) in [6, 6.07) is 31.5. The van der Waals surface area contributed by atoms with Gasteiger partial charge in [0.15, 0.2) is 22.3 Å². The van der Waals surface area contributed by atoms with E-state index in [4.69, 9.17) is 27.6 Å². The second-order valence-electron chi connectivity index (χ2n) is 10.3. The van der Waals surface area contributed by atoms with E-state index in [1.807, 2.05) is 97.1 Å². The van der Waals surface area contributed by atoms with E-state index >= 15 is 0 Å². The molecule has 0 spiro atoms. The first-order chi connectivity index (χ1) is 21.7. The third-order valence-corrected chi connectivity index (χ3v) is 9.62. The lowest BCUT2D eigenvalue weighted by molar-refractivity contribution is 0.621. The average molecular weight is 609 g/mol. The quantitative estimate of drug-likeness (QED) is 0.194. The van der Waals surface area contributed by atoms with Crippen molar-refractivity contribution in [3.8, 4) is 43.1 Å². The third kappa shape index (κ3) is 3.75. The van der Waals surface area contributed by atoms with Crippen LogP contribution in [0.2, 0.25) is 0 Å². The van der Waals surface area contributed by atoms with Crippen LogP contribution in [-0.4, -0.2) is 19.9 Å². The van der Waals surface area contributed by atoms with Crippen molar-refractivity contribution in [3.63, 3.8) is 0 Å². The van der Waals surface area contributed by atoms with Crippen molar-refractivity contribution in [2.75, 3.05) is 0 Å². The number of aromatic nitrogens is 4. The highest BCUT2D eigenvalue weighted by molar-refractivity contribution is 7.19. The van der Waals surface area contributed by atoms with E-state index in [9.17, 15) is 0 Å². The van der Waals surface area contributed by atoms with Gasteiger partial charge in [-0.15, -0.1) is 22.7 Å². The van der Waals surface area contributed by atoms with Crippen LogP contribution in [0.5, 0.6) is 0 Å².